The van der Waals surface area contributed by atoms with Gasteiger partial charge in [0.2, 0.25) is 17.7 Å². The molecule has 0 spiro atoms. The van der Waals surface area contributed by atoms with E-state index in [4.69, 9.17) is 15.2 Å². The van der Waals surface area contributed by atoms with Crippen LogP contribution in [0.4, 0.5) is 34.8 Å². The summed E-state index contributed by atoms with van der Waals surface area (Å²) in [5, 5.41) is 8.90. The molecule has 2 atom stereocenters. The first-order valence-corrected chi connectivity index (χ1v) is 21.1. The maximum absolute atomic E-state index is 15.0. The normalized spacial score (nSPS) is 17.2. The zero-order valence-electron chi connectivity index (χ0n) is 35.9. The summed E-state index contributed by atoms with van der Waals surface area (Å²) < 4.78 is 67.6. The summed E-state index contributed by atoms with van der Waals surface area (Å²) in [5.41, 5.74) is 5.31. The van der Waals surface area contributed by atoms with E-state index < -0.39 is 53.3 Å². The Labute approximate surface area is 366 Å². The average Bonchev–Trinajstić information content (AvgIpc) is 3.96. The van der Waals surface area contributed by atoms with Crippen LogP contribution in [0.15, 0.2) is 42.5 Å². The van der Waals surface area contributed by atoms with Crippen molar-refractivity contribution in [3.8, 4) is 11.5 Å². The Hall–Kier alpha value is -6.53. The number of unbranched alkanes of at least 4 members (excludes halogenated alkanes) is 3. The van der Waals surface area contributed by atoms with Gasteiger partial charge in [0.15, 0.2) is 11.5 Å². The van der Waals surface area contributed by atoms with Crippen molar-refractivity contribution in [2.45, 2.75) is 89.9 Å². The summed E-state index contributed by atoms with van der Waals surface area (Å²) >= 11 is 0. The minimum Gasteiger partial charge on any atom is -0.493 e. The molecule has 1 aromatic heterocycles. The van der Waals surface area contributed by atoms with E-state index in [0.29, 0.717) is 85.0 Å². The fraction of sp³-hybridized carbons (Fsp3) is 0.444. The Balaban J connectivity index is 0.890. The Morgan fingerprint density at radius 1 is 1.03 bits per heavy atom. The van der Waals surface area contributed by atoms with Crippen molar-refractivity contribution in [3.05, 3.63) is 76.4 Å². The number of nitrogens with two attached hydrogens (primary N) is 1. The Bertz CT molecular complexity index is 2510. The first kappa shape index (κ1) is 45.5. The van der Waals surface area contributed by atoms with E-state index in [1.807, 2.05) is 0 Å². The number of hydrogen-bond acceptors (Lipinski definition) is 12. The third kappa shape index (κ3) is 9.82. The minimum absolute atomic E-state index is 0.00775. The van der Waals surface area contributed by atoms with Crippen molar-refractivity contribution in [3.63, 3.8) is 0 Å². The molecule has 1 saturated carbocycles. The number of alkyl halides is 3. The second kappa shape index (κ2) is 18.3. The lowest BCUT2D eigenvalue weighted by Crippen LogP contribution is -2.54. The molecule has 2 fully saturated rings. The van der Waals surface area contributed by atoms with Crippen LogP contribution in [-0.2, 0) is 20.6 Å². The molecule has 5 N–H and O–H groups in total. The molecular weight excluding hydrogens is 841 g/mol. The van der Waals surface area contributed by atoms with Gasteiger partial charge in [0.1, 0.15) is 23.5 Å². The number of hydrogen-bond donors (Lipinski definition) is 4. The van der Waals surface area contributed by atoms with Crippen molar-refractivity contribution >= 4 is 57.6 Å². The fourth-order valence-electron chi connectivity index (χ4n) is 8.22. The Morgan fingerprint density at radius 2 is 1.78 bits per heavy atom. The molecule has 2 aliphatic heterocycles. The van der Waals surface area contributed by atoms with Crippen LogP contribution in [0, 0.1) is 18.2 Å². The standard InChI is InChI=1S/C45H50F4N8O7/c1-24(26-17-27(45(47,48)49)19-28(50)18-26)52-40-30-20-35(34(63-4)21-32(30)53-25(2)54-40)64-23-44(14-15-44)22-56(3)37(59)9-7-5-6-8-16-51-39-31(46)11-10-29-38(39)43(62)57(42(29)61)33-12-13-36(58)55-41(33)60/h10-11,17-21,24,33,51H,5-9,12-16,22-23,50H2,1-4H3,(H,52,53,54)(H,55,58,60)/t24-,33?/m1/s1. The highest BCUT2D eigenvalue weighted by atomic mass is 19.4. The smallest absolute Gasteiger partial charge is 0.416 e. The number of piperidine rings is 1. The van der Waals surface area contributed by atoms with E-state index in [2.05, 4.69) is 25.9 Å². The van der Waals surface area contributed by atoms with Gasteiger partial charge < -0.3 is 30.7 Å². The quantitative estimate of drug-likeness (QED) is 0.0348. The van der Waals surface area contributed by atoms with Crippen LogP contribution in [0.1, 0.15) is 108 Å². The number of nitrogens with one attached hydrogen (secondary N) is 3. The summed E-state index contributed by atoms with van der Waals surface area (Å²) in [6.07, 6.45) is 0.0803. The molecule has 5 amide bonds. The summed E-state index contributed by atoms with van der Waals surface area (Å²) in [7, 11) is 3.27. The number of rotatable bonds is 18. The second-order valence-corrected chi connectivity index (χ2v) is 16.8. The summed E-state index contributed by atoms with van der Waals surface area (Å²) in [4.78, 5) is 75.3. The summed E-state index contributed by atoms with van der Waals surface area (Å²) in [6.45, 7) is 4.50. The number of methoxy groups -OCH3 is 1. The molecule has 64 heavy (non-hydrogen) atoms. The number of imide groups is 2. The van der Waals surface area contributed by atoms with Gasteiger partial charge in [-0.2, -0.15) is 13.2 Å². The number of carbonyl (C=O) groups excluding carboxylic acids is 5. The number of benzene rings is 3. The second-order valence-electron chi connectivity index (χ2n) is 16.8. The number of fused-ring (bicyclic) bond motifs is 2. The molecule has 3 aliphatic rings. The van der Waals surface area contributed by atoms with Crippen LogP contribution < -0.4 is 31.2 Å². The number of amides is 5. The van der Waals surface area contributed by atoms with Gasteiger partial charge in [-0.1, -0.05) is 12.8 Å². The first-order chi connectivity index (χ1) is 30.4. The van der Waals surface area contributed by atoms with Crippen LogP contribution >= 0.6 is 0 Å². The summed E-state index contributed by atoms with van der Waals surface area (Å²) in [6, 6.07) is 7.45. The predicted molar refractivity (Wildman–Crippen MR) is 228 cm³/mol. The molecule has 1 aliphatic carbocycles. The minimum atomic E-state index is -4.56. The Morgan fingerprint density at radius 3 is 2.48 bits per heavy atom. The van der Waals surface area contributed by atoms with Gasteiger partial charge in [-0.05, 0) is 87.9 Å². The lowest BCUT2D eigenvalue weighted by atomic mass is 10.0. The molecular formula is C45H50F4N8O7. The molecule has 1 saturated heterocycles. The van der Waals surface area contributed by atoms with E-state index in [9.17, 15) is 41.5 Å². The van der Waals surface area contributed by atoms with E-state index in [1.165, 1.54) is 19.2 Å². The molecule has 3 aromatic carbocycles. The van der Waals surface area contributed by atoms with Crippen LogP contribution in [0.2, 0.25) is 0 Å². The monoisotopic (exact) mass is 890 g/mol. The number of nitrogen functional groups attached to an aromatic ring is 1. The van der Waals surface area contributed by atoms with E-state index >= 15 is 0 Å². The largest absolute Gasteiger partial charge is 0.493 e. The maximum atomic E-state index is 15.0. The van der Waals surface area contributed by atoms with Gasteiger partial charge in [-0.25, -0.2) is 14.4 Å². The zero-order valence-corrected chi connectivity index (χ0v) is 35.9. The van der Waals surface area contributed by atoms with Crippen LogP contribution in [-0.4, -0.2) is 89.2 Å². The third-order valence-electron chi connectivity index (χ3n) is 11.9. The maximum Gasteiger partial charge on any atom is 0.416 e. The van der Waals surface area contributed by atoms with E-state index in [-0.39, 0.29) is 46.7 Å². The number of halogens is 4. The topological polar surface area (TPSA) is 198 Å². The molecule has 15 nitrogen and oxygen atoms in total. The molecule has 19 heteroatoms. The molecule has 340 valence electrons. The zero-order chi connectivity index (χ0) is 46.1. The number of carbonyl (C=O) groups is 5. The van der Waals surface area contributed by atoms with Gasteiger partial charge in [-0.3, -0.25) is 34.2 Å². The Kier molecular flexibility index (Phi) is 13.0. The van der Waals surface area contributed by atoms with Gasteiger partial charge in [0.05, 0.1) is 47.7 Å². The van der Waals surface area contributed by atoms with Gasteiger partial charge in [-0.15, -0.1) is 0 Å². The summed E-state index contributed by atoms with van der Waals surface area (Å²) in [5.74, 6) is -1.79. The van der Waals surface area contributed by atoms with Crippen molar-refractivity contribution in [1.82, 2.24) is 25.1 Å². The van der Waals surface area contributed by atoms with Gasteiger partial charge in [0, 0.05) is 55.5 Å². The SMILES string of the molecule is COc1cc2nc(C)nc(N[C@H](C)c3cc(N)cc(C(F)(F)F)c3)c2cc1OCC1(CN(C)C(=O)CCCCCCNc2c(F)ccc3c2C(=O)N(C2CCC(=O)NC2=O)C3=O)CC1. The highest BCUT2D eigenvalue weighted by Crippen LogP contribution is 2.47. The molecule has 4 aromatic rings. The fourth-order valence-corrected chi connectivity index (χ4v) is 8.22. The van der Waals surface area contributed by atoms with Crippen molar-refractivity contribution in [2.75, 3.05) is 50.2 Å². The highest BCUT2D eigenvalue weighted by molar-refractivity contribution is 6.25. The van der Waals surface area contributed by atoms with E-state index in [1.54, 1.807) is 37.9 Å². The number of anilines is 3. The van der Waals surface area contributed by atoms with Crippen molar-refractivity contribution < 1.29 is 51.0 Å². The number of aromatic nitrogens is 2. The van der Waals surface area contributed by atoms with Crippen LogP contribution in [0.5, 0.6) is 11.5 Å². The van der Waals surface area contributed by atoms with Gasteiger partial charge >= 0.3 is 6.18 Å². The molecule has 0 radical (unpaired) electrons. The van der Waals surface area contributed by atoms with Crippen molar-refractivity contribution in [2.24, 2.45) is 5.41 Å². The number of nitrogens with zero attached hydrogens (tertiary/aromatic N) is 4. The number of aryl methyl sites for hydroxylation is 1. The highest BCUT2D eigenvalue weighted by Gasteiger charge is 2.47. The van der Waals surface area contributed by atoms with E-state index in [0.717, 1.165) is 42.4 Å². The predicted octanol–water partition coefficient (Wildman–Crippen LogP) is 6.94. The van der Waals surface area contributed by atoms with Crippen LogP contribution in [0.3, 0.4) is 0 Å². The van der Waals surface area contributed by atoms with Crippen molar-refractivity contribution in [1.29, 1.82) is 0 Å². The average molecular weight is 891 g/mol. The molecule has 3 heterocycles. The molecule has 0 bridgehead atoms. The molecule has 1 unspecified atom stereocenters. The molecule has 7 rings (SSSR count). The number of ether oxygens (including phenoxy) is 2. The van der Waals surface area contributed by atoms with Gasteiger partial charge in [0.25, 0.3) is 11.8 Å². The van der Waals surface area contributed by atoms with Crippen LogP contribution in [0.25, 0.3) is 10.9 Å². The third-order valence-corrected chi connectivity index (χ3v) is 11.9. The first-order valence-electron chi connectivity index (χ1n) is 21.1. The lowest BCUT2D eigenvalue weighted by Gasteiger charge is -2.27. The lowest BCUT2D eigenvalue weighted by molar-refractivity contribution is -0.138.